The average Bonchev–Trinajstić information content (AvgIpc) is 3.85. The van der Waals surface area contributed by atoms with E-state index in [4.69, 9.17) is 19.4 Å². The van der Waals surface area contributed by atoms with E-state index in [9.17, 15) is 0 Å². The van der Waals surface area contributed by atoms with Crippen molar-refractivity contribution in [2.24, 2.45) is 0 Å². The lowest BCUT2D eigenvalue weighted by Gasteiger charge is -2.42. The van der Waals surface area contributed by atoms with Crippen LogP contribution in [0.4, 0.5) is 17.1 Å². The van der Waals surface area contributed by atoms with E-state index < -0.39 is 0 Å². The summed E-state index contributed by atoms with van der Waals surface area (Å²) in [6.45, 7) is 4.70. The lowest BCUT2D eigenvalue weighted by Crippen LogP contribution is -2.30. The van der Waals surface area contributed by atoms with Gasteiger partial charge in [-0.05, 0) is 59.7 Å². The highest BCUT2D eigenvalue weighted by molar-refractivity contribution is 6.15. The quantitative estimate of drug-likeness (QED) is 0.174. The van der Waals surface area contributed by atoms with Gasteiger partial charge in [0.2, 0.25) is 0 Å². The van der Waals surface area contributed by atoms with Crippen LogP contribution in [0.25, 0.3) is 83.6 Å². The lowest BCUT2D eigenvalue weighted by atomic mass is 9.73. The molecule has 3 aromatic heterocycles. The highest BCUT2D eigenvalue weighted by Gasteiger charge is 2.38. The minimum Gasteiger partial charge on any atom is -0.453 e. The first-order chi connectivity index (χ1) is 29.5. The van der Waals surface area contributed by atoms with Crippen LogP contribution in [0.15, 0.2) is 192 Å². The minimum absolute atomic E-state index is 0.237. The summed E-state index contributed by atoms with van der Waals surface area (Å²) in [7, 11) is 0. The van der Waals surface area contributed by atoms with Crippen LogP contribution in [0, 0.1) is 0 Å². The van der Waals surface area contributed by atoms with E-state index in [2.05, 4.69) is 145 Å². The number of hydrogen-bond donors (Lipinski definition) is 0. The fourth-order valence-corrected chi connectivity index (χ4v) is 9.36. The molecule has 6 heteroatoms. The predicted octanol–water partition coefficient (Wildman–Crippen LogP) is 14.0. The monoisotopic (exact) mass is 771 g/mol. The Balaban J connectivity index is 1.11. The Kier molecular flexibility index (Phi) is 7.47. The van der Waals surface area contributed by atoms with Crippen molar-refractivity contribution < 1.29 is 4.42 Å². The molecule has 0 fully saturated rings. The molecule has 8 aromatic carbocycles. The van der Waals surface area contributed by atoms with Crippen molar-refractivity contribution in [1.29, 1.82) is 0 Å². The van der Waals surface area contributed by atoms with Crippen molar-refractivity contribution in [3.63, 3.8) is 0 Å². The zero-order valence-corrected chi connectivity index (χ0v) is 33.0. The molecule has 0 saturated carbocycles. The van der Waals surface area contributed by atoms with Crippen LogP contribution < -0.4 is 4.90 Å². The van der Waals surface area contributed by atoms with Crippen LogP contribution in [0.1, 0.15) is 25.0 Å². The van der Waals surface area contributed by atoms with E-state index >= 15 is 0 Å². The van der Waals surface area contributed by atoms with Crippen LogP contribution in [-0.4, -0.2) is 19.5 Å². The van der Waals surface area contributed by atoms with E-state index in [0.29, 0.717) is 17.5 Å². The van der Waals surface area contributed by atoms with E-state index in [1.54, 1.807) is 0 Å². The van der Waals surface area contributed by atoms with E-state index in [0.717, 1.165) is 61.0 Å². The molecule has 284 valence electrons. The summed E-state index contributed by atoms with van der Waals surface area (Å²) in [5, 5.41) is 4.41. The average molecular weight is 772 g/mol. The SMILES string of the molecule is CC1(C)c2ccccc2N(c2ccccc2)c2cc3c(cc21)c1ccccc1n3-c1cccc2c1oc1c(-c3nc(-c4ccccc4)nc(-c4ccccc4)n3)cccc12. The molecular weight excluding hydrogens is 735 g/mol. The maximum atomic E-state index is 7.13. The highest BCUT2D eigenvalue weighted by atomic mass is 16.3. The Bertz CT molecular complexity index is 3400. The first-order valence-corrected chi connectivity index (χ1v) is 20.4. The van der Waals surface area contributed by atoms with Gasteiger partial charge in [0.1, 0.15) is 5.58 Å². The first-order valence-electron chi connectivity index (χ1n) is 20.4. The molecule has 0 spiro atoms. The van der Waals surface area contributed by atoms with E-state index in [1.807, 2.05) is 66.7 Å². The molecular formula is C54H37N5O. The third kappa shape index (κ3) is 5.10. The van der Waals surface area contributed by atoms with Crippen LogP contribution in [0.3, 0.4) is 0 Å². The Morgan fingerprint density at radius 3 is 1.72 bits per heavy atom. The molecule has 0 radical (unpaired) electrons. The number of anilines is 3. The van der Waals surface area contributed by atoms with Crippen LogP contribution in [0.5, 0.6) is 0 Å². The van der Waals surface area contributed by atoms with Crippen LogP contribution in [-0.2, 0) is 5.41 Å². The second kappa shape index (κ2) is 13.1. The molecule has 11 aromatic rings. The largest absolute Gasteiger partial charge is 0.453 e. The third-order valence-corrected chi connectivity index (χ3v) is 12.2. The normalized spacial score (nSPS) is 13.3. The van der Waals surface area contributed by atoms with Gasteiger partial charge in [-0.3, -0.25) is 0 Å². The first kappa shape index (κ1) is 34.2. The molecule has 1 aliphatic rings. The molecule has 1 aliphatic heterocycles. The van der Waals surface area contributed by atoms with Gasteiger partial charge in [-0.1, -0.05) is 153 Å². The van der Waals surface area contributed by atoms with E-state index in [1.165, 1.54) is 33.3 Å². The predicted molar refractivity (Wildman–Crippen MR) is 245 cm³/mol. The molecule has 0 saturated heterocycles. The molecule has 0 N–H and O–H groups in total. The number of aromatic nitrogens is 4. The number of rotatable bonds is 5. The summed E-state index contributed by atoms with van der Waals surface area (Å²) in [6, 6.07) is 65.9. The second-order valence-electron chi connectivity index (χ2n) is 16.0. The van der Waals surface area contributed by atoms with Gasteiger partial charge >= 0.3 is 0 Å². The van der Waals surface area contributed by atoms with Crippen molar-refractivity contribution in [2.75, 3.05) is 4.90 Å². The van der Waals surface area contributed by atoms with Crippen molar-refractivity contribution >= 4 is 60.8 Å². The number of benzene rings is 8. The lowest BCUT2D eigenvalue weighted by molar-refractivity contribution is 0.633. The zero-order chi connectivity index (χ0) is 40.0. The molecule has 0 aliphatic carbocycles. The van der Waals surface area contributed by atoms with Gasteiger partial charge in [-0.25, -0.2) is 15.0 Å². The summed E-state index contributed by atoms with van der Waals surface area (Å²) in [6.07, 6.45) is 0. The Morgan fingerprint density at radius 1 is 0.417 bits per heavy atom. The van der Waals surface area contributed by atoms with Gasteiger partial charge in [0.15, 0.2) is 23.1 Å². The molecule has 60 heavy (non-hydrogen) atoms. The Hall–Kier alpha value is -7.83. The molecule has 0 unspecified atom stereocenters. The number of furan rings is 1. The van der Waals surface area contributed by atoms with Gasteiger partial charge in [0.05, 0.1) is 33.7 Å². The number of para-hydroxylation sites is 5. The Morgan fingerprint density at radius 2 is 0.983 bits per heavy atom. The van der Waals surface area contributed by atoms with Gasteiger partial charge < -0.3 is 13.9 Å². The van der Waals surface area contributed by atoms with Crippen molar-refractivity contribution in [3.05, 3.63) is 199 Å². The standard InChI is InChI=1S/C54H37N5O/c1-54(2)42-28-13-15-30-45(42)58(36-22-10-5-11-23-36)48-33-47-41(32-43(48)54)37-24-12-14-29-44(37)59(47)46-31-17-26-39-38-25-16-27-40(49(38)60-50(39)46)53-56-51(34-18-6-3-7-19-34)55-52(57-53)35-20-8-4-9-21-35/h3-33H,1-2H3. The summed E-state index contributed by atoms with van der Waals surface area (Å²) in [4.78, 5) is 17.5. The van der Waals surface area contributed by atoms with Gasteiger partial charge in [-0.15, -0.1) is 0 Å². The second-order valence-corrected chi connectivity index (χ2v) is 16.0. The third-order valence-electron chi connectivity index (χ3n) is 12.2. The highest BCUT2D eigenvalue weighted by Crippen LogP contribution is 2.54. The van der Waals surface area contributed by atoms with Crippen LogP contribution in [0.2, 0.25) is 0 Å². The number of hydrogen-bond acceptors (Lipinski definition) is 5. The zero-order valence-electron chi connectivity index (χ0n) is 33.0. The maximum absolute atomic E-state index is 7.13. The number of fused-ring (bicyclic) bond motifs is 8. The summed E-state index contributed by atoms with van der Waals surface area (Å²) < 4.78 is 9.52. The molecule has 4 heterocycles. The maximum Gasteiger partial charge on any atom is 0.167 e. The minimum atomic E-state index is -0.237. The van der Waals surface area contributed by atoms with Crippen molar-refractivity contribution in [2.45, 2.75) is 19.3 Å². The summed E-state index contributed by atoms with van der Waals surface area (Å²) >= 11 is 0. The van der Waals surface area contributed by atoms with Crippen LogP contribution >= 0.6 is 0 Å². The summed E-state index contributed by atoms with van der Waals surface area (Å²) in [5.41, 5.74) is 13.2. The Labute approximate surface area is 346 Å². The van der Waals surface area contributed by atoms with Crippen molar-refractivity contribution in [3.8, 4) is 39.9 Å². The fraction of sp³-hybridized carbons (Fsp3) is 0.0556. The fourth-order valence-electron chi connectivity index (χ4n) is 9.36. The van der Waals surface area contributed by atoms with Crippen molar-refractivity contribution in [1.82, 2.24) is 19.5 Å². The smallest absolute Gasteiger partial charge is 0.167 e. The van der Waals surface area contributed by atoms with Gasteiger partial charge in [-0.2, -0.15) is 0 Å². The van der Waals surface area contributed by atoms with E-state index in [-0.39, 0.29) is 5.41 Å². The summed E-state index contributed by atoms with van der Waals surface area (Å²) in [5.74, 6) is 1.77. The molecule has 0 bridgehead atoms. The molecule has 0 amide bonds. The molecule has 0 atom stereocenters. The van der Waals surface area contributed by atoms with Gasteiger partial charge in [0.25, 0.3) is 0 Å². The van der Waals surface area contributed by atoms with Gasteiger partial charge in [0, 0.05) is 43.8 Å². The molecule has 6 nitrogen and oxygen atoms in total. The molecule has 12 rings (SSSR count). The topological polar surface area (TPSA) is 60.0 Å². The number of nitrogens with zero attached hydrogens (tertiary/aromatic N) is 5.